The lowest BCUT2D eigenvalue weighted by Gasteiger charge is -2.07. The van der Waals surface area contributed by atoms with Crippen molar-refractivity contribution in [1.82, 2.24) is 5.32 Å². The normalized spacial score (nSPS) is 10.3. The third-order valence-electron chi connectivity index (χ3n) is 1.80. The Balaban J connectivity index is 2.54. The first-order valence-corrected chi connectivity index (χ1v) is 5.54. The molecule has 0 aliphatic carbocycles. The summed E-state index contributed by atoms with van der Waals surface area (Å²) in [4.78, 5) is 1.30. The lowest BCUT2D eigenvalue weighted by Crippen LogP contribution is -2.17. The molecule has 0 aliphatic heterocycles. The van der Waals surface area contributed by atoms with Crippen molar-refractivity contribution in [2.75, 3.05) is 19.4 Å². The predicted molar refractivity (Wildman–Crippen MR) is 57.0 cm³/mol. The molecule has 0 heterocycles. The molecule has 3 heteroatoms. The van der Waals surface area contributed by atoms with Gasteiger partial charge in [0.15, 0.2) is 0 Å². The Kier molecular flexibility index (Phi) is 4.90. The first-order chi connectivity index (χ1) is 6.38. The van der Waals surface area contributed by atoms with Crippen molar-refractivity contribution >= 4 is 11.8 Å². The molecule has 1 rings (SSSR count). The summed E-state index contributed by atoms with van der Waals surface area (Å²) in [6, 6.07) is 8.30. The Morgan fingerprint density at radius 2 is 2.15 bits per heavy atom. The summed E-state index contributed by atoms with van der Waals surface area (Å²) in [5.74, 6) is 0. The Bertz CT molecular complexity index is 252. The molecule has 0 radical (unpaired) electrons. The summed E-state index contributed by atoms with van der Waals surface area (Å²) >= 11 is 1.75. The monoisotopic (exact) mass is 197 g/mol. The molecule has 0 amide bonds. The van der Waals surface area contributed by atoms with Gasteiger partial charge >= 0.3 is 0 Å². The van der Waals surface area contributed by atoms with E-state index in [0.29, 0.717) is 6.54 Å². The highest BCUT2D eigenvalue weighted by Gasteiger charge is 1.98. The molecule has 2 N–H and O–H groups in total. The number of benzene rings is 1. The van der Waals surface area contributed by atoms with Crippen LogP contribution < -0.4 is 5.32 Å². The fraction of sp³-hybridized carbons (Fsp3) is 0.400. The minimum atomic E-state index is 0.196. The zero-order valence-corrected chi connectivity index (χ0v) is 8.60. The molecule has 0 spiro atoms. The molecule has 2 nitrogen and oxygen atoms in total. The van der Waals surface area contributed by atoms with Crippen LogP contribution in [0, 0.1) is 0 Å². The maximum atomic E-state index is 8.60. The number of rotatable bonds is 5. The third-order valence-corrected chi connectivity index (χ3v) is 2.63. The van der Waals surface area contributed by atoms with Gasteiger partial charge < -0.3 is 10.4 Å². The maximum Gasteiger partial charge on any atom is 0.0556 e. The molecule has 0 atom stereocenters. The van der Waals surface area contributed by atoms with Gasteiger partial charge in [0.25, 0.3) is 0 Å². The van der Waals surface area contributed by atoms with Gasteiger partial charge in [-0.2, -0.15) is 0 Å². The molecule has 0 aliphatic rings. The number of aliphatic hydroxyl groups excluding tert-OH is 1. The second-order valence-electron chi connectivity index (χ2n) is 2.71. The van der Waals surface area contributed by atoms with E-state index in [4.69, 9.17) is 5.11 Å². The van der Waals surface area contributed by atoms with Crippen LogP contribution in [0.15, 0.2) is 29.2 Å². The molecular weight excluding hydrogens is 182 g/mol. The third kappa shape index (κ3) is 3.38. The number of hydrogen-bond donors (Lipinski definition) is 2. The van der Waals surface area contributed by atoms with Gasteiger partial charge in [0, 0.05) is 18.0 Å². The van der Waals surface area contributed by atoms with Crippen LogP contribution in [-0.4, -0.2) is 24.5 Å². The van der Waals surface area contributed by atoms with E-state index in [2.05, 4.69) is 23.7 Å². The Labute approximate surface area is 83.4 Å². The summed E-state index contributed by atoms with van der Waals surface area (Å²) in [7, 11) is 0. The number of hydrogen-bond acceptors (Lipinski definition) is 3. The van der Waals surface area contributed by atoms with Gasteiger partial charge in [-0.25, -0.2) is 0 Å². The highest BCUT2D eigenvalue weighted by atomic mass is 32.2. The molecule has 13 heavy (non-hydrogen) atoms. The first-order valence-electron chi connectivity index (χ1n) is 4.32. The standard InChI is InChI=1S/C10H15NOS/c1-13-10-5-3-2-4-9(10)8-11-6-7-12/h2-5,11-12H,6-8H2,1H3. The minimum Gasteiger partial charge on any atom is -0.395 e. The maximum absolute atomic E-state index is 8.60. The van der Waals surface area contributed by atoms with Gasteiger partial charge in [0.1, 0.15) is 0 Å². The van der Waals surface area contributed by atoms with Crippen LogP contribution in [0.4, 0.5) is 0 Å². The lowest BCUT2D eigenvalue weighted by atomic mass is 10.2. The van der Waals surface area contributed by atoms with Gasteiger partial charge in [-0.1, -0.05) is 18.2 Å². The van der Waals surface area contributed by atoms with Gasteiger partial charge in [0.2, 0.25) is 0 Å². The summed E-state index contributed by atoms with van der Waals surface area (Å²) in [6.45, 7) is 1.68. The predicted octanol–water partition coefficient (Wildman–Crippen LogP) is 1.49. The molecule has 72 valence electrons. The zero-order valence-electron chi connectivity index (χ0n) is 7.79. The van der Waals surface area contributed by atoms with Crippen molar-refractivity contribution < 1.29 is 5.11 Å². The Morgan fingerprint density at radius 1 is 1.38 bits per heavy atom. The smallest absolute Gasteiger partial charge is 0.0556 e. The fourth-order valence-electron chi connectivity index (χ4n) is 1.15. The highest BCUT2D eigenvalue weighted by molar-refractivity contribution is 7.98. The van der Waals surface area contributed by atoms with Crippen LogP contribution in [-0.2, 0) is 6.54 Å². The lowest BCUT2D eigenvalue weighted by molar-refractivity contribution is 0.292. The molecular formula is C10H15NOS. The molecule has 0 saturated heterocycles. The molecule has 0 unspecified atom stereocenters. The fourth-order valence-corrected chi connectivity index (χ4v) is 1.77. The summed E-state index contributed by atoms with van der Waals surface area (Å²) in [5.41, 5.74) is 1.29. The van der Waals surface area contributed by atoms with E-state index in [-0.39, 0.29) is 6.61 Å². The zero-order chi connectivity index (χ0) is 9.52. The molecule has 0 aromatic heterocycles. The first kappa shape index (κ1) is 10.6. The van der Waals surface area contributed by atoms with E-state index >= 15 is 0 Å². The molecule has 0 saturated carbocycles. The van der Waals surface area contributed by atoms with Gasteiger partial charge in [-0.05, 0) is 17.9 Å². The second-order valence-corrected chi connectivity index (χ2v) is 3.56. The summed E-state index contributed by atoms with van der Waals surface area (Å²) in [6.07, 6.45) is 2.07. The van der Waals surface area contributed by atoms with Crippen LogP contribution in [0.2, 0.25) is 0 Å². The molecule has 0 bridgehead atoms. The van der Waals surface area contributed by atoms with Gasteiger partial charge in [-0.15, -0.1) is 11.8 Å². The second kappa shape index (κ2) is 6.02. The van der Waals surface area contributed by atoms with Crippen molar-refractivity contribution in [2.24, 2.45) is 0 Å². The van der Waals surface area contributed by atoms with Gasteiger partial charge in [-0.3, -0.25) is 0 Å². The average molecular weight is 197 g/mol. The number of aliphatic hydroxyl groups is 1. The van der Waals surface area contributed by atoms with Gasteiger partial charge in [0.05, 0.1) is 6.61 Å². The Morgan fingerprint density at radius 3 is 2.85 bits per heavy atom. The minimum absolute atomic E-state index is 0.196. The molecule has 0 fully saturated rings. The van der Waals surface area contributed by atoms with E-state index in [1.165, 1.54) is 10.5 Å². The average Bonchev–Trinajstić information content (AvgIpc) is 2.19. The highest BCUT2D eigenvalue weighted by Crippen LogP contribution is 2.19. The van der Waals surface area contributed by atoms with Crippen molar-refractivity contribution in [3.8, 4) is 0 Å². The van der Waals surface area contributed by atoms with Crippen molar-refractivity contribution in [3.05, 3.63) is 29.8 Å². The van der Waals surface area contributed by atoms with E-state index in [1.54, 1.807) is 11.8 Å². The SMILES string of the molecule is CSc1ccccc1CNCCO. The number of thioether (sulfide) groups is 1. The van der Waals surface area contributed by atoms with Crippen LogP contribution >= 0.6 is 11.8 Å². The Hall–Kier alpha value is -0.510. The summed E-state index contributed by atoms with van der Waals surface area (Å²) < 4.78 is 0. The van der Waals surface area contributed by atoms with Crippen molar-refractivity contribution in [2.45, 2.75) is 11.4 Å². The van der Waals surface area contributed by atoms with E-state index in [9.17, 15) is 0 Å². The van der Waals surface area contributed by atoms with Crippen LogP contribution in [0.1, 0.15) is 5.56 Å². The van der Waals surface area contributed by atoms with Crippen LogP contribution in [0.25, 0.3) is 0 Å². The van der Waals surface area contributed by atoms with E-state index in [0.717, 1.165) is 6.54 Å². The van der Waals surface area contributed by atoms with E-state index in [1.807, 2.05) is 12.1 Å². The summed E-state index contributed by atoms with van der Waals surface area (Å²) in [5, 5.41) is 11.8. The van der Waals surface area contributed by atoms with Crippen LogP contribution in [0.3, 0.4) is 0 Å². The largest absolute Gasteiger partial charge is 0.395 e. The number of nitrogens with one attached hydrogen (secondary N) is 1. The molecule has 1 aromatic carbocycles. The van der Waals surface area contributed by atoms with E-state index < -0.39 is 0 Å². The quantitative estimate of drug-likeness (QED) is 0.554. The van der Waals surface area contributed by atoms with Crippen molar-refractivity contribution in [1.29, 1.82) is 0 Å². The molecule has 1 aromatic rings. The van der Waals surface area contributed by atoms with Crippen molar-refractivity contribution in [3.63, 3.8) is 0 Å². The van der Waals surface area contributed by atoms with Crippen LogP contribution in [0.5, 0.6) is 0 Å². The topological polar surface area (TPSA) is 32.3 Å².